The van der Waals surface area contributed by atoms with Crippen molar-refractivity contribution in [2.75, 3.05) is 13.1 Å². The first-order valence-corrected chi connectivity index (χ1v) is 5.28. The lowest BCUT2D eigenvalue weighted by Gasteiger charge is -2.33. The zero-order valence-corrected chi connectivity index (χ0v) is 9.17. The zero-order valence-electron chi connectivity index (χ0n) is 9.17. The van der Waals surface area contributed by atoms with Crippen LogP contribution in [0.3, 0.4) is 0 Å². The minimum Gasteiger partial charge on any atom is -0.393 e. The number of aliphatic hydroxyl groups is 1. The molecule has 0 amide bonds. The van der Waals surface area contributed by atoms with Crippen LogP contribution in [0.15, 0.2) is 0 Å². The molecule has 1 aromatic heterocycles. The van der Waals surface area contributed by atoms with Crippen LogP contribution in [0.4, 0.5) is 0 Å². The summed E-state index contributed by atoms with van der Waals surface area (Å²) in [5, 5.41) is 21.5. The molecule has 0 aliphatic carbocycles. The molecule has 1 aliphatic heterocycles. The molecule has 1 fully saturated rings. The van der Waals surface area contributed by atoms with Crippen LogP contribution in [0.5, 0.6) is 0 Å². The first-order chi connectivity index (χ1) is 7.15. The van der Waals surface area contributed by atoms with E-state index in [2.05, 4.69) is 27.2 Å². The Morgan fingerprint density at radius 1 is 1.53 bits per heavy atom. The van der Waals surface area contributed by atoms with Gasteiger partial charge < -0.3 is 5.11 Å². The van der Waals surface area contributed by atoms with Crippen LogP contribution in [-0.4, -0.2) is 49.4 Å². The Bertz CT molecular complexity index is 326. The Kier molecular flexibility index (Phi) is 2.97. The molecule has 6 heteroatoms. The number of likely N-dealkylation sites (tertiary alicyclic amines) is 1. The van der Waals surface area contributed by atoms with Crippen LogP contribution in [0, 0.1) is 5.92 Å². The minimum atomic E-state index is -0.156. The monoisotopic (exact) mass is 211 g/mol. The van der Waals surface area contributed by atoms with Crippen molar-refractivity contribution in [1.29, 1.82) is 0 Å². The summed E-state index contributed by atoms with van der Waals surface area (Å²) in [5.74, 6) is 1.08. The molecular weight excluding hydrogens is 194 g/mol. The fourth-order valence-electron chi connectivity index (χ4n) is 1.95. The number of rotatable bonds is 2. The molecular formula is C9H17N5O. The number of aryl methyl sites for hydroxylation is 1. The van der Waals surface area contributed by atoms with Gasteiger partial charge in [0.2, 0.25) is 0 Å². The molecule has 6 nitrogen and oxygen atoms in total. The summed E-state index contributed by atoms with van der Waals surface area (Å²) in [4.78, 5) is 3.73. The van der Waals surface area contributed by atoms with Gasteiger partial charge in [0.25, 0.3) is 0 Å². The second-order valence-corrected chi connectivity index (χ2v) is 4.26. The van der Waals surface area contributed by atoms with Crippen molar-refractivity contribution in [1.82, 2.24) is 25.1 Å². The summed E-state index contributed by atoms with van der Waals surface area (Å²) in [6, 6.07) is 0. The fourth-order valence-corrected chi connectivity index (χ4v) is 1.95. The second-order valence-electron chi connectivity index (χ2n) is 4.26. The molecule has 0 bridgehead atoms. The summed E-state index contributed by atoms with van der Waals surface area (Å²) in [7, 11) is 1.76. The Balaban J connectivity index is 1.90. The fraction of sp³-hybridized carbons (Fsp3) is 0.889. The van der Waals surface area contributed by atoms with E-state index in [9.17, 15) is 5.11 Å². The van der Waals surface area contributed by atoms with Crippen LogP contribution in [0.1, 0.15) is 19.2 Å². The average molecular weight is 211 g/mol. The molecule has 0 radical (unpaired) electrons. The first-order valence-electron chi connectivity index (χ1n) is 5.28. The van der Waals surface area contributed by atoms with Gasteiger partial charge in [-0.25, -0.2) is 0 Å². The van der Waals surface area contributed by atoms with Crippen molar-refractivity contribution >= 4 is 0 Å². The highest BCUT2D eigenvalue weighted by molar-refractivity contribution is 4.82. The summed E-state index contributed by atoms with van der Waals surface area (Å²) in [5.41, 5.74) is 0. The van der Waals surface area contributed by atoms with Crippen LogP contribution in [-0.2, 0) is 13.6 Å². The average Bonchev–Trinajstić information content (AvgIpc) is 2.58. The number of aliphatic hydroxyl groups excluding tert-OH is 1. The third-order valence-electron chi connectivity index (χ3n) is 2.86. The Morgan fingerprint density at radius 2 is 2.33 bits per heavy atom. The molecule has 1 aromatic rings. The predicted molar refractivity (Wildman–Crippen MR) is 53.9 cm³/mol. The van der Waals surface area contributed by atoms with Gasteiger partial charge in [-0.05, 0) is 17.6 Å². The largest absolute Gasteiger partial charge is 0.393 e. The van der Waals surface area contributed by atoms with E-state index in [4.69, 9.17) is 0 Å². The van der Waals surface area contributed by atoms with Gasteiger partial charge in [0.05, 0.1) is 19.7 Å². The van der Waals surface area contributed by atoms with Crippen molar-refractivity contribution in [3.8, 4) is 0 Å². The number of tetrazole rings is 1. The number of nitrogens with zero attached hydrogens (tertiary/aromatic N) is 5. The summed E-state index contributed by atoms with van der Waals surface area (Å²) >= 11 is 0. The Labute approximate surface area is 88.9 Å². The molecule has 84 valence electrons. The normalized spacial score (nSPS) is 28.2. The molecule has 2 unspecified atom stereocenters. The van der Waals surface area contributed by atoms with Crippen molar-refractivity contribution < 1.29 is 5.11 Å². The van der Waals surface area contributed by atoms with Crippen LogP contribution in [0.2, 0.25) is 0 Å². The molecule has 2 heterocycles. The number of piperidine rings is 1. The summed E-state index contributed by atoms with van der Waals surface area (Å²) in [6.45, 7) is 4.61. The molecule has 1 aliphatic rings. The minimum absolute atomic E-state index is 0.156. The van der Waals surface area contributed by atoms with Crippen LogP contribution in [0.25, 0.3) is 0 Å². The van der Waals surface area contributed by atoms with Gasteiger partial charge in [-0.3, -0.25) is 4.90 Å². The molecule has 1 saturated heterocycles. The maximum Gasteiger partial charge on any atom is 0.188 e. The van der Waals surface area contributed by atoms with Gasteiger partial charge in [0.15, 0.2) is 5.82 Å². The molecule has 0 aromatic carbocycles. The van der Waals surface area contributed by atoms with Gasteiger partial charge in [-0.2, -0.15) is 4.80 Å². The number of hydrogen-bond acceptors (Lipinski definition) is 5. The van der Waals surface area contributed by atoms with E-state index in [1.54, 1.807) is 7.05 Å². The smallest absolute Gasteiger partial charge is 0.188 e. The van der Waals surface area contributed by atoms with E-state index in [1.165, 1.54) is 4.80 Å². The quantitative estimate of drug-likeness (QED) is 0.708. The van der Waals surface area contributed by atoms with Crippen molar-refractivity contribution in [3.63, 3.8) is 0 Å². The lowest BCUT2D eigenvalue weighted by molar-refractivity contribution is 0.0310. The van der Waals surface area contributed by atoms with Gasteiger partial charge in [-0.15, -0.1) is 10.2 Å². The number of aromatic nitrogens is 4. The SMILES string of the molecule is CC1CN(Cc2nnn(C)n2)CCC1O. The first kappa shape index (κ1) is 10.5. The summed E-state index contributed by atoms with van der Waals surface area (Å²) < 4.78 is 0. The lowest BCUT2D eigenvalue weighted by Crippen LogP contribution is -2.41. The molecule has 0 saturated carbocycles. The standard InChI is InChI=1S/C9H17N5O/c1-7-5-14(4-3-8(7)15)6-9-10-12-13(2)11-9/h7-8,15H,3-6H2,1-2H3. The molecule has 15 heavy (non-hydrogen) atoms. The van der Waals surface area contributed by atoms with E-state index >= 15 is 0 Å². The maximum absolute atomic E-state index is 9.59. The zero-order chi connectivity index (χ0) is 10.8. The molecule has 0 spiro atoms. The molecule has 1 N–H and O–H groups in total. The lowest BCUT2D eigenvalue weighted by atomic mass is 9.97. The third kappa shape index (κ3) is 2.51. The van der Waals surface area contributed by atoms with E-state index in [0.29, 0.717) is 5.92 Å². The van der Waals surface area contributed by atoms with Crippen LogP contribution >= 0.6 is 0 Å². The van der Waals surface area contributed by atoms with E-state index < -0.39 is 0 Å². The highest BCUT2D eigenvalue weighted by Gasteiger charge is 2.24. The van der Waals surface area contributed by atoms with Crippen molar-refractivity contribution in [3.05, 3.63) is 5.82 Å². The second kappa shape index (κ2) is 4.24. The van der Waals surface area contributed by atoms with E-state index in [0.717, 1.165) is 31.9 Å². The third-order valence-corrected chi connectivity index (χ3v) is 2.86. The summed E-state index contributed by atoms with van der Waals surface area (Å²) in [6.07, 6.45) is 0.678. The van der Waals surface area contributed by atoms with Gasteiger partial charge >= 0.3 is 0 Å². The molecule has 2 atom stereocenters. The van der Waals surface area contributed by atoms with Gasteiger partial charge in [0.1, 0.15) is 0 Å². The number of hydrogen-bond donors (Lipinski definition) is 1. The van der Waals surface area contributed by atoms with Crippen LogP contribution < -0.4 is 0 Å². The van der Waals surface area contributed by atoms with Gasteiger partial charge in [-0.1, -0.05) is 6.92 Å². The predicted octanol–water partition coefficient (Wildman–Crippen LogP) is -0.587. The Hall–Kier alpha value is -1.01. The maximum atomic E-state index is 9.59. The highest BCUT2D eigenvalue weighted by atomic mass is 16.3. The highest BCUT2D eigenvalue weighted by Crippen LogP contribution is 2.17. The van der Waals surface area contributed by atoms with E-state index in [1.807, 2.05) is 0 Å². The van der Waals surface area contributed by atoms with E-state index in [-0.39, 0.29) is 6.10 Å². The van der Waals surface area contributed by atoms with Gasteiger partial charge in [0, 0.05) is 13.1 Å². The van der Waals surface area contributed by atoms with Crippen molar-refractivity contribution in [2.24, 2.45) is 13.0 Å². The molecule has 2 rings (SSSR count). The van der Waals surface area contributed by atoms with Crippen molar-refractivity contribution in [2.45, 2.75) is 26.0 Å². The Morgan fingerprint density at radius 3 is 2.93 bits per heavy atom. The topological polar surface area (TPSA) is 67.1 Å².